The van der Waals surface area contributed by atoms with E-state index in [2.05, 4.69) is 15.6 Å². The Balaban J connectivity index is 1.73. The quantitative estimate of drug-likeness (QED) is 0.646. The molecule has 0 radical (unpaired) electrons. The molecule has 1 aliphatic heterocycles. The number of aromatic nitrogens is 1. The third kappa shape index (κ3) is 3.18. The summed E-state index contributed by atoms with van der Waals surface area (Å²) in [7, 11) is 0. The molecule has 1 fully saturated rings. The van der Waals surface area contributed by atoms with Crippen LogP contribution >= 0.6 is 0 Å². The van der Waals surface area contributed by atoms with Crippen LogP contribution in [0.25, 0.3) is 10.9 Å². The number of nitrogens with one attached hydrogen (secondary N) is 3. The van der Waals surface area contributed by atoms with Gasteiger partial charge in [0.05, 0.1) is 0 Å². The first-order valence-corrected chi connectivity index (χ1v) is 7.42. The highest BCUT2D eigenvalue weighted by Gasteiger charge is 2.30. The highest BCUT2D eigenvalue weighted by atomic mass is 16.4. The number of benzene rings is 1. The second-order valence-electron chi connectivity index (χ2n) is 5.62. The number of para-hydroxylation sites is 1. The summed E-state index contributed by atoms with van der Waals surface area (Å²) in [6.45, 7) is 0. The zero-order valence-corrected chi connectivity index (χ0v) is 12.3. The van der Waals surface area contributed by atoms with Gasteiger partial charge in [0.1, 0.15) is 12.1 Å². The molecule has 2 amide bonds. The summed E-state index contributed by atoms with van der Waals surface area (Å²) in [6, 6.07) is 5.89. The van der Waals surface area contributed by atoms with Crippen molar-refractivity contribution < 1.29 is 19.5 Å². The van der Waals surface area contributed by atoms with Crippen molar-refractivity contribution in [3.63, 3.8) is 0 Å². The molecule has 1 saturated heterocycles. The number of carbonyl (C=O) groups is 3. The third-order valence-electron chi connectivity index (χ3n) is 4.03. The second-order valence-corrected chi connectivity index (χ2v) is 5.62. The Hall–Kier alpha value is -2.83. The van der Waals surface area contributed by atoms with Crippen molar-refractivity contribution in [1.29, 1.82) is 0 Å². The van der Waals surface area contributed by atoms with Crippen LogP contribution in [0.3, 0.4) is 0 Å². The average Bonchev–Trinajstić information content (AvgIpc) is 3.13. The van der Waals surface area contributed by atoms with Gasteiger partial charge >= 0.3 is 5.97 Å². The lowest BCUT2D eigenvalue weighted by atomic mass is 10.0. The molecule has 1 aromatic heterocycles. The Labute approximate surface area is 132 Å². The van der Waals surface area contributed by atoms with E-state index in [4.69, 9.17) is 0 Å². The van der Waals surface area contributed by atoms with E-state index >= 15 is 0 Å². The number of carboxylic acids is 1. The second kappa shape index (κ2) is 6.12. The number of carbonyl (C=O) groups excluding carboxylic acids is 2. The van der Waals surface area contributed by atoms with Crippen LogP contribution in [0.1, 0.15) is 18.4 Å². The van der Waals surface area contributed by atoms with Crippen LogP contribution in [0.4, 0.5) is 0 Å². The summed E-state index contributed by atoms with van der Waals surface area (Å²) in [6.07, 6.45) is 2.61. The highest BCUT2D eigenvalue weighted by molar-refractivity contribution is 5.93. The molecule has 0 saturated carbocycles. The van der Waals surface area contributed by atoms with Gasteiger partial charge in [-0.15, -0.1) is 0 Å². The molecule has 1 aliphatic rings. The van der Waals surface area contributed by atoms with Crippen molar-refractivity contribution in [1.82, 2.24) is 15.6 Å². The fourth-order valence-electron chi connectivity index (χ4n) is 2.80. The number of hydrogen-bond donors (Lipinski definition) is 4. The van der Waals surface area contributed by atoms with Gasteiger partial charge in [0, 0.05) is 29.9 Å². The largest absolute Gasteiger partial charge is 0.480 e. The summed E-state index contributed by atoms with van der Waals surface area (Å²) in [5, 5.41) is 15.4. The van der Waals surface area contributed by atoms with Gasteiger partial charge in [0.15, 0.2) is 0 Å². The Bertz CT molecular complexity index is 768. The zero-order chi connectivity index (χ0) is 16.4. The lowest BCUT2D eigenvalue weighted by Crippen LogP contribution is -2.49. The van der Waals surface area contributed by atoms with Crippen LogP contribution in [-0.2, 0) is 20.8 Å². The van der Waals surface area contributed by atoms with Crippen molar-refractivity contribution in [2.24, 2.45) is 0 Å². The fourth-order valence-corrected chi connectivity index (χ4v) is 2.80. The Morgan fingerprint density at radius 2 is 2.13 bits per heavy atom. The van der Waals surface area contributed by atoms with Crippen LogP contribution in [0.2, 0.25) is 0 Å². The minimum Gasteiger partial charge on any atom is -0.480 e. The van der Waals surface area contributed by atoms with Gasteiger partial charge in [-0.2, -0.15) is 0 Å². The standard InChI is InChI=1S/C16H17N3O4/c20-14-6-5-12(18-14)15(21)19-13(16(22)23)7-9-8-17-11-4-2-1-3-10(9)11/h1-4,8,12-13,17H,5-7H2,(H,18,20)(H,19,21)(H,22,23)/t12-,13-/m1/s1. The molecular formula is C16H17N3O4. The van der Waals surface area contributed by atoms with Crippen LogP contribution in [0.5, 0.6) is 0 Å². The molecule has 2 atom stereocenters. The minimum absolute atomic E-state index is 0.172. The van der Waals surface area contributed by atoms with Crippen molar-refractivity contribution in [2.75, 3.05) is 0 Å². The molecule has 0 bridgehead atoms. The van der Waals surface area contributed by atoms with E-state index in [-0.39, 0.29) is 18.7 Å². The van der Waals surface area contributed by atoms with Gasteiger partial charge in [0.2, 0.25) is 11.8 Å². The van der Waals surface area contributed by atoms with Crippen molar-refractivity contribution in [2.45, 2.75) is 31.3 Å². The van der Waals surface area contributed by atoms with Gasteiger partial charge in [-0.05, 0) is 18.1 Å². The Morgan fingerprint density at radius 1 is 1.35 bits per heavy atom. The number of H-pyrrole nitrogens is 1. The predicted molar refractivity (Wildman–Crippen MR) is 82.7 cm³/mol. The maximum atomic E-state index is 12.1. The van der Waals surface area contributed by atoms with Gasteiger partial charge in [-0.25, -0.2) is 4.79 Å². The first-order chi connectivity index (χ1) is 11.0. The maximum absolute atomic E-state index is 12.1. The van der Waals surface area contributed by atoms with Gasteiger partial charge < -0.3 is 20.7 Å². The molecule has 3 rings (SSSR count). The van der Waals surface area contributed by atoms with Crippen LogP contribution in [0.15, 0.2) is 30.5 Å². The van der Waals surface area contributed by atoms with Gasteiger partial charge in [-0.1, -0.05) is 18.2 Å². The van der Waals surface area contributed by atoms with Crippen LogP contribution in [-0.4, -0.2) is 40.0 Å². The van der Waals surface area contributed by atoms with E-state index in [1.807, 2.05) is 24.3 Å². The summed E-state index contributed by atoms with van der Waals surface area (Å²) in [5.41, 5.74) is 1.74. The van der Waals surface area contributed by atoms with Crippen molar-refractivity contribution in [3.8, 4) is 0 Å². The van der Waals surface area contributed by atoms with E-state index in [1.54, 1.807) is 6.20 Å². The predicted octanol–water partition coefficient (Wildman–Crippen LogP) is 0.558. The van der Waals surface area contributed by atoms with E-state index in [9.17, 15) is 19.5 Å². The highest BCUT2D eigenvalue weighted by Crippen LogP contribution is 2.19. The van der Waals surface area contributed by atoms with Crippen LogP contribution in [0, 0.1) is 0 Å². The number of fused-ring (bicyclic) bond motifs is 1. The minimum atomic E-state index is -1.10. The number of carboxylic acid groups (broad SMARTS) is 1. The SMILES string of the molecule is O=C1CC[C@H](C(=O)N[C@H](Cc2c[nH]c3ccccc23)C(=O)O)N1. The first kappa shape index (κ1) is 15.1. The number of rotatable bonds is 5. The molecule has 0 aliphatic carbocycles. The summed E-state index contributed by atoms with van der Waals surface area (Å²) < 4.78 is 0. The third-order valence-corrected chi connectivity index (χ3v) is 4.03. The molecule has 4 N–H and O–H groups in total. The van der Waals surface area contributed by atoms with E-state index in [1.165, 1.54) is 0 Å². The molecule has 1 aromatic carbocycles. The molecule has 0 unspecified atom stereocenters. The first-order valence-electron chi connectivity index (χ1n) is 7.42. The smallest absolute Gasteiger partial charge is 0.326 e. The monoisotopic (exact) mass is 315 g/mol. The average molecular weight is 315 g/mol. The van der Waals surface area contributed by atoms with Gasteiger partial charge in [-0.3, -0.25) is 9.59 Å². The summed E-state index contributed by atoms with van der Waals surface area (Å²) in [4.78, 5) is 37.8. The Morgan fingerprint density at radius 3 is 2.83 bits per heavy atom. The van der Waals surface area contributed by atoms with Crippen molar-refractivity contribution in [3.05, 3.63) is 36.0 Å². The maximum Gasteiger partial charge on any atom is 0.326 e. The molecule has 23 heavy (non-hydrogen) atoms. The molecular weight excluding hydrogens is 298 g/mol. The summed E-state index contributed by atoms with van der Waals surface area (Å²) >= 11 is 0. The molecule has 2 aromatic rings. The topological polar surface area (TPSA) is 111 Å². The Kier molecular flexibility index (Phi) is 4.01. The summed E-state index contributed by atoms with van der Waals surface area (Å²) in [5.74, 6) is -1.75. The van der Waals surface area contributed by atoms with Crippen molar-refractivity contribution >= 4 is 28.7 Å². The lowest BCUT2D eigenvalue weighted by Gasteiger charge is -2.17. The van der Waals surface area contributed by atoms with E-state index in [0.717, 1.165) is 16.5 Å². The lowest BCUT2D eigenvalue weighted by molar-refractivity contribution is -0.142. The van der Waals surface area contributed by atoms with E-state index < -0.39 is 24.0 Å². The number of amides is 2. The zero-order valence-electron chi connectivity index (χ0n) is 12.3. The number of aromatic amines is 1. The number of hydrogen-bond acceptors (Lipinski definition) is 3. The molecule has 7 nitrogen and oxygen atoms in total. The van der Waals surface area contributed by atoms with Crippen LogP contribution < -0.4 is 10.6 Å². The fraction of sp³-hybridized carbons (Fsp3) is 0.312. The van der Waals surface area contributed by atoms with E-state index in [0.29, 0.717) is 6.42 Å². The van der Waals surface area contributed by atoms with Gasteiger partial charge in [0.25, 0.3) is 0 Å². The number of aliphatic carboxylic acids is 1. The molecule has 2 heterocycles. The molecule has 0 spiro atoms. The molecule has 7 heteroatoms. The normalized spacial score (nSPS) is 18.6. The molecule has 120 valence electrons.